The zero-order valence-corrected chi connectivity index (χ0v) is 16.0. The third kappa shape index (κ3) is 3.90. The van der Waals surface area contributed by atoms with E-state index in [1.807, 2.05) is 6.92 Å². The highest BCUT2D eigenvalue weighted by Gasteiger charge is 2.61. The summed E-state index contributed by atoms with van der Waals surface area (Å²) in [5.74, 6) is -1.68. The van der Waals surface area contributed by atoms with Gasteiger partial charge in [0.15, 0.2) is 6.10 Å². The molecule has 1 fully saturated rings. The minimum Gasteiger partial charge on any atom is -0.481 e. The maximum atomic E-state index is 12.3. The van der Waals surface area contributed by atoms with E-state index in [-0.39, 0.29) is 18.3 Å². The van der Waals surface area contributed by atoms with Crippen molar-refractivity contribution in [3.05, 3.63) is 0 Å². The van der Waals surface area contributed by atoms with E-state index >= 15 is 0 Å². The molecule has 0 bridgehead atoms. The van der Waals surface area contributed by atoms with Crippen LogP contribution in [0.25, 0.3) is 0 Å². The van der Waals surface area contributed by atoms with Crippen molar-refractivity contribution < 1.29 is 24.3 Å². The molecular formula is C18H30N2O5. The topological polar surface area (TPSA) is 97.2 Å². The molecule has 1 heterocycles. The summed E-state index contributed by atoms with van der Waals surface area (Å²) >= 11 is 0. The third-order valence-electron chi connectivity index (χ3n) is 5.16. The van der Waals surface area contributed by atoms with Crippen molar-refractivity contribution in [2.45, 2.75) is 78.0 Å². The number of rotatable bonds is 5. The summed E-state index contributed by atoms with van der Waals surface area (Å²) in [6.45, 7) is 11.4. The molecule has 0 spiro atoms. The standard InChI is InChI=1S/C18H30N2O5/c1-7-10(8-2)13-12-14(25-20-13)11(15(21)22)9-18(12,6)19-16(23)24-17(3,4)5/h10-12,14H,7-9H2,1-6H3,(H,19,23)(H,21,22)/t11-,12+,14+,18+/m0/s1. The average molecular weight is 354 g/mol. The molecule has 1 amide bonds. The maximum Gasteiger partial charge on any atom is 0.408 e. The largest absolute Gasteiger partial charge is 0.481 e. The van der Waals surface area contributed by atoms with Crippen molar-refractivity contribution >= 4 is 17.8 Å². The van der Waals surface area contributed by atoms with Crippen molar-refractivity contribution in [1.82, 2.24) is 5.32 Å². The Balaban J connectivity index is 2.29. The molecule has 7 nitrogen and oxygen atoms in total. The van der Waals surface area contributed by atoms with Gasteiger partial charge in [0.1, 0.15) is 5.60 Å². The molecule has 0 aromatic heterocycles. The van der Waals surface area contributed by atoms with Crippen LogP contribution in [0.5, 0.6) is 0 Å². The first-order chi connectivity index (χ1) is 11.5. The number of nitrogens with one attached hydrogen (secondary N) is 1. The van der Waals surface area contributed by atoms with Crippen molar-refractivity contribution in [3.8, 4) is 0 Å². The molecule has 2 aliphatic rings. The normalized spacial score (nSPS) is 31.3. The van der Waals surface area contributed by atoms with Crippen LogP contribution in [0.15, 0.2) is 5.16 Å². The molecule has 0 unspecified atom stereocenters. The molecule has 2 rings (SSSR count). The molecule has 1 aliphatic heterocycles. The number of carbonyl (C=O) groups is 2. The number of carbonyl (C=O) groups excluding carboxylic acids is 1. The highest BCUT2D eigenvalue weighted by molar-refractivity contribution is 5.93. The lowest BCUT2D eigenvalue weighted by Gasteiger charge is -2.34. The van der Waals surface area contributed by atoms with Gasteiger partial charge >= 0.3 is 12.1 Å². The van der Waals surface area contributed by atoms with E-state index in [2.05, 4.69) is 24.3 Å². The van der Waals surface area contributed by atoms with Gasteiger partial charge in [-0.1, -0.05) is 19.0 Å². The van der Waals surface area contributed by atoms with Crippen LogP contribution in [-0.4, -0.2) is 40.1 Å². The Hall–Kier alpha value is -1.79. The summed E-state index contributed by atoms with van der Waals surface area (Å²) in [6.07, 6.45) is 0.976. The summed E-state index contributed by atoms with van der Waals surface area (Å²) in [7, 11) is 0. The van der Waals surface area contributed by atoms with Crippen molar-refractivity contribution in [3.63, 3.8) is 0 Å². The fourth-order valence-corrected chi connectivity index (χ4v) is 4.03. The quantitative estimate of drug-likeness (QED) is 0.790. The van der Waals surface area contributed by atoms with Crippen LogP contribution < -0.4 is 5.32 Å². The summed E-state index contributed by atoms with van der Waals surface area (Å²) < 4.78 is 5.38. The maximum absolute atomic E-state index is 12.3. The lowest BCUT2D eigenvalue weighted by Crippen LogP contribution is -2.54. The lowest BCUT2D eigenvalue weighted by molar-refractivity contribution is -0.146. The molecule has 7 heteroatoms. The molecule has 25 heavy (non-hydrogen) atoms. The van der Waals surface area contributed by atoms with Crippen LogP contribution in [0, 0.1) is 17.8 Å². The molecule has 0 aromatic carbocycles. The summed E-state index contributed by atoms with van der Waals surface area (Å²) in [4.78, 5) is 29.6. The number of alkyl carbamates (subject to hydrolysis) is 1. The molecule has 1 aliphatic carbocycles. The summed E-state index contributed by atoms with van der Waals surface area (Å²) in [5, 5.41) is 16.7. The van der Waals surface area contributed by atoms with Crippen LogP contribution in [0.1, 0.15) is 60.8 Å². The molecule has 0 saturated heterocycles. The predicted molar refractivity (Wildman–Crippen MR) is 93.4 cm³/mol. The lowest BCUT2D eigenvalue weighted by atomic mass is 9.78. The Morgan fingerprint density at radius 3 is 2.48 bits per heavy atom. The van der Waals surface area contributed by atoms with E-state index in [9.17, 15) is 14.7 Å². The van der Waals surface area contributed by atoms with Gasteiger partial charge in [-0.3, -0.25) is 4.79 Å². The van der Waals surface area contributed by atoms with Crippen LogP contribution >= 0.6 is 0 Å². The van der Waals surface area contributed by atoms with Gasteiger partial charge in [-0.15, -0.1) is 0 Å². The number of oxime groups is 1. The van der Waals surface area contributed by atoms with Gasteiger partial charge in [0.05, 0.1) is 23.1 Å². The smallest absolute Gasteiger partial charge is 0.408 e. The van der Waals surface area contributed by atoms with E-state index in [1.54, 1.807) is 20.8 Å². The monoisotopic (exact) mass is 354 g/mol. The predicted octanol–water partition coefficient (Wildman–Crippen LogP) is 3.18. The summed E-state index contributed by atoms with van der Waals surface area (Å²) in [5.41, 5.74) is -0.533. The van der Waals surface area contributed by atoms with Crippen molar-refractivity contribution in [2.24, 2.45) is 22.9 Å². The van der Waals surface area contributed by atoms with E-state index in [1.165, 1.54) is 0 Å². The Labute approximate surface area is 149 Å². The van der Waals surface area contributed by atoms with E-state index in [4.69, 9.17) is 9.57 Å². The number of ether oxygens (including phenoxy) is 1. The second kappa shape index (κ2) is 6.84. The number of amides is 1. The zero-order chi connectivity index (χ0) is 19.0. The second-order valence-electron chi connectivity index (χ2n) is 8.27. The Morgan fingerprint density at radius 1 is 1.40 bits per heavy atom. The Kier molecular flexibility index (Phi) is 5.35. The second-order valence-corrected chi connectivity index (χ2v) is 8.27. The fourth-order valence-electron chi connectivity index (χ4n) is 4.03. The van der Waals surface area contributed by atoms with Gasteiger partial charge in [-0.05, 0) is 47.0 Å². The fraction of sp³-hybridized carbons (Fsp3) is 0.833. The molecule has 0 aromatic rings. The van der Waals surface area contributed by atoms with Crippen molar-refractivity contribution in [2.75, 3.05) is 0 Å². The first kappa shape index (κ1) is 19.5. The molecule has 142 valence electrons. The highest BCUT2D eigenvalue weighted by atomic mass is 16.6. The number of aliphatic carboxylic acids is 1. The first-order valence-electron chi connectivity index (χ1n) is 9.00. The van der Waals surface area contributed by atoms with Crippen LogP contribution in [0.3, 0.4) is 0 Å². The van der Waals surface area contributed by atoms with Crippen LogP contribution in [0.2, 0.25) is 0 Å². The average Bonchev–Trinajstić information content (AvgIpc) is 2.99. The number of hydrogen-bond donors (Lipinski definition) is 2. The zero-order valence-electron chi connectivity index (χ0n) is 16.0. The number of fused-ring (bicyclic) bond motifs is 1. The number of carboxylic acid groups (broad SMARTS) is 1. The molecule has 0 radical (unpaired) electrons. The van der Waals surface area contributed by atoms with Gasteiger partial charge in [0.25, 0.3) is 0 Å². The van der Waals surface area contributed by atoms with Gasteiger partial charge in [-0.25, -0.2) is 4.79 Å². The summed E-state index contributed by atoms with van der Waals surface area (Å²) in [6, 6.07) is 0. The number of carboxylic acids is 1. The molecule has 1 saturated carbocycles. The van der Waals surface area contributed by atoms with Gasteiger partial charge in [0.2, 0.25) is 0 Å². The SMILES string of the molecule is CCC(CC)C1=NO[C@@H]2[C@@H](C(=O)O)C[C@@](C)(NC(=O)OC(C)(C)C)[C@H]12. The third-order valence-corrected chi connectivity index (χ3v) is 5.16. The van der Waals surface area contributed by atoms with Gasteiger partial charge in [-0.2, -0.15) is 0 Å². The minimum absolute atomic E-state index is 0.210. The molecular weight excluding hydrogens is 324 g/mol. The number of nitrogens with zero attached hydrogens (tertiary/aromatic N) is 1. The Morgan fingerprint density at radius 2 is 2.00 bits per heavy atom. The first-order valence-corrected chi connectivity index (χ1v) is 9.00. The van der Waals surface area contributed by atoms with Gasteiger partial charge < -0.3 is 20.0 Å². The molecule has 4 atom stereocenters. The van der Waals surface area contributed by atoms with E-state index in [0.717, 1.165) is 18.6 Å². The van der Waals surface area contributed by atoms with E-state index < -0.39 is 35.2 Å². The van der Waals surface area contributed by atoms with E-state index in [0.29, 0.717) is 0 Å². The van der Waals surface area contributed by atoms with Crippen molar-refractivity contribution in [1.29, 1.82) is 0 Å². The van der Waals surface area contributed by atoms with Crippen LogP contribution in [0.4, 0.5) is 4.79 Å². The minimum atomic E-state index is -0.925. The molecule has 2 N–H and O–H groups in total. The highest BCUT2D eigenvalue weighted by Crippen LogP contribution is 2.47. The van der Waals surface area contributed by atoms with Gasteiger partial charge in [0, 0.05) is 5.92 Å². The van der Waals surface area contributed by atoms with Crippen LogP contribution in [-0.2, 0) is 14.4 Å². The number of hydrogen-bond acceptors (Lipinski definition) is 5. The Bertz CT molecular complexity index is 564.